The van der Waals surface area contributed by atoms with E-state index in [1.165, 1.54) is 9.40 Å². The molecule has 7 rings (SSSR count). The minimum atomic E-state index is -0.0122. The van der Waals surface area contributed by atoms with Gasteiger partial charge in [0.2, 0.25) is 0 Å². The minimum absolute atomic E-state index is 0.0122. The van der Waals surface area contributed by atoms with Crippen molar-refractivity contribution in [2.45, 2.75) is 37.8 Å². The van der Waals surface area contributed by atoms with Gasteiger partial charge in [0.15, 0.2) is 10.3 Å². The lowest BCUT2D eigenvalue weighted by Gasteiger charge is -2.33. The first kappa shape index (κ1) is 26.9. The molecule has 2 aliphatic heterocycles. The number of rotatable bonds is 6. The molecular formula is C32H32N6O2S2. The fourth-order valence-corrected chi connectivity index (χ4v) is 7.71. The average molecular weight is 597 g/mol. The summed E-state index contributed by atoms with van der Waals surface area (Å²) in [5, 5.41) is 9.00. The summed E-state index contributed by atoms with van der Waals surface area (Å²) in [5.41, 5.74) is 3.17. The summed E-state index contributed by atoms with van der Waals surface area (Å²) in [6, 6.07) is 24.1. The van der Waals surface area contributed by atoms with Gasteiger partial charge in [-0.15, -0.1) is 0 Å². The second kappa shape index (κ2) is 11.7. The van der Waals surface area contributed by atoms with Crippen molar-refractivity contribution in [1.82, 2.24) is 19.8 Å². The summed E-state index contributed by atoms with van der Waals surface area (Å²) in [4.78, 5) is 39.9. The molecule has 2 saturated heterocycles. The Labute approximate surface area is 252 Å². The predicted molar refractivity (Wildman–Crippen MR) is 171 cm³/mol. The maximum absolute atomic E-state index is 13.4. The Morgan fingerprint density at radius 1 is 0.619 bits per heavy atom. The molecule has 2 fully saturated rings. The Kier molecular flexibility index (Phi) is 7.48. The number of thiazole rings is 2. The summed E-state index contributed by atoms with van der Waals surface area (Å²) in [6.07, 6.45) is 3.45. The largest absolute Gasteiger partial charge is 0.359 e. The molecule has 0 radical (unpaired) electrons. The van der Waals surface area contributed by atoms with Gasteiger partial charge in [-0.1, -0.05) is 53.0 Å². The molecule has 0 spiro atoms. The van der Waals surface area contributed by atoms with Gasteiger partial charge in [-0.25, -0.2) is 9.97 Å². The number of amides is 2. The molecule has 0 saturated carbocycles. The van der Waals surface area contributed by atoms with E-state index in [0.717, 1.165) is 47.0 Å². The van der Waals surface area contributed by atoms with Crippen molar-refractivity contribution < 1.29 is 9.59 Å². The number of carbonyl (C=O) groups is 2. The molecule has 0 unspecified atom stereocenters. The number of aromatic nitrogens is 2. The van der Waals surface area contributed by atoms with Gasteiger partial charge in [0.1, 0.15) is 0 Å². The standard InChI is InChI=1S/C32H32N6O2S2/c39-29(37-16-12-23(13-17-37)33-31-35-25-8-1-3-10-27(25)41-31)21-6-5-7-22(20-21)30(40)38-18-14-24(15-19-38)34-32-36-26-9-2-4-11-28(26)42-32/h1-11,20,23-24H,12-19H2,(H,33,35)(H,34,36). The summed E-state index contributed by atoms with van der Waals surface area (Å²) in [5.74, 6) is -0.0244. The Balaban J connectivity index is 0.918. The van der Waals surface area contributed by atoms with Crippen LogP contribution in [-0.4, -0.2) is 69.8 Å². The molecule has 2 aromatic heterocycles. The van der Waals surface area contributed by atoms with Crippen molar-refractivity contribution in [3.05, 3.63) is 83.9 Å². The molecule has 5 aromatic rings. The van der Waals surface area contributed by atoms with Gasteiger partial charge in [-0.05, 0) is 68.1 Å². The van der Waals surface area contributed by atoms with Gasteiger partial charge in [0.25, 0.3) is 11.8 Å². The van der Waals surface area contributed by atoms with E-state index in [9.17, 15) is 9.59 Å². The quantitative estimate of drug-likeness (QED) is 0.238. The van der Waals surface area contributed by atoms with Crippen LogP contribution < -0.4 is 10.6 Å². The average Bonchev–Trinajstić information content (AvgIpc) is 3.64. The fourth-order valence-electron chi connectivity index (χ4n) is 5.82. The molecule has 3 aromatic carbocycles. The smallest absolute Gasteiger partial charge is 0.253 e. The third kappa shape index (κ3) is 5.69. The number of piperidine rings is 2. The highest BCUT2D eigenvalue weighted by Gasteiger charge is 2.27. The molecule has 0 atom stereocenters. The lowest BCUT2D eigenvalue weighted by Crippen LogP contribution is -2.43. The van der Waals surface area contributed by atoms with Gasteiger partial charge >= 0.3 is 0 Å². The summed E-state index contributed by atoms with van der Waals surface area (Å²) < 4.78 is 2.35. The zero-order valence-electron chi connectivity index (χ0n) is 23.2. The van der Waals surface area contributed by atoms with Crippen LogP contribution in [0.25, 0.3) is 20.4 Å². The highest BCUT2D eigenvalue weighted by molar-refractivity contribution is 7.22. The monoisotopic (exact) mass is 596 g/mol. The van der Waals surface area contributed by atoms with Crippen LogP contribution >= 0.6 is 22.7 Å². The van der Waals surface area contributed by atoms with Crippen molar-refractivity contribution in [2.75, 3.05) is 36.8 Å². The van der Waals surface area contributed by atoms with Crippen LogP contribution in [0.1, 0.15) is 46.4 Å². The van der Waals surface area contributed by atoms with Gasteiger partial charge < -0.3 is 20.4 Å². The first-order valence-electron chi connectivity index (χ1n) is 14.5. The summed E-state index contributed by atoms with van der Waals surface area (Å²) in [6.45, 7) is 2.70. The van der Waals surface area contributed by atoms with Gasteiger partial charge in [-0.3, -0.25) is 9.59 Å². The van der Waals surface area contributed by atoms with Crippen LogP contribution in [0.15, 0.2) is 72.8 Å². The molecule has 4 heterocycles. The van der Waals surface area contributed by atoms with E-state index >= 15 is 0 Å². The maximum atomic E-state index is 13.4. The Bertz CT molecular complexity index is 1540. The van der Waals surface area contributed by atoms with E-state index in [2.05, 4.69) is 32.7 Å². The van der Waals surface area contributed by atoms with Crippen molar-refractivity contribution in [1.29, 1.82) is 0 Å². The molecule has 10 heteroatoms. The maximum Gasteiger partial charge on any atom is 0.253 e. The molecule has 214 valence electrons. The Hall–Kier alpha value is -4.02. The topological polar surface area (TPSA) is 90.5 Å². The first-order valence-corrected chi connectivity index (χ1v) is 16.2. The third-order valence-electron chi connectivity index (χ3n) is 8.16. The number of para-hydroxylation sites is 2. The van der Waals surface area contributed by atoms with Crippen LogP contribution in [-0.2, 0) is 0 Å². The fraction of sp³-hybridized carbons (Fsp3) is 0.312. The lowest BCUT2D eigenvalue weighted by atomic mass is 10.0. The first-order chi connectivity index (χ1) is 20.6. The third-order valence-corrected chi connectivity index (χ3v) is 10.1. The van der Waals surface area contributed by atoms with Gasteiger partial charge in [0.05, 0.1) is 20.4 Å². The van der Waals surface area contributed by atoms with E-state index in [1.807, 2.05) is 64.4 Å². The van der Waals surface area contributed by atoms with Crippen molar-refractivity contribution >= 4 is 65.2 Å². The number of fused-ring (bicyclic) bond motifs is 2. The van der Waals surface area contributed by atoms with Crippen LogP contribution in [0.4, 0.5) is 10.3 Å². The van der Waals surface area contributed by atoms with Crippen LogP contribution in [0, 0.1) is 0 Å². The highest BCUT2D eigenvalue weighted by atomic mass is 32.1. The minimum Gasteiger partial charge on any atom is -0.359 e. The molecule has 0 aliphatic carbocycles. The molecule has 2 N–H and O–H groups in total. The second-order valence-electron chi connectivity index (χ2n) is 11.0. The van der Waals surface area contributed by atoms with Crippen molar-refractivity contribution in [3.63, 3.8) is 0 Å². The molecule has 2 aliphatic rings. The SMILES string of the molecule is O=C(c1cccc(C(=O)N2CCC(Nc3nc4ccccc4s3)CC2)c1)N1CCC(Nc2nc3ccccc3s2)CC1. The zero-order chi connectivity index (χ0) is 28.5. The van der Waals surface area contributed by atoms with Crippen molar-refractivity contribution in [3.8, 4) is 0 Å². The molecule has 2 amide bonds. The van der Waals surface area contributed by atoms with E-state index in [-0.39, 0.29) is 23.9 Å². The highest BCUT2D eigenvalue weighted by Crippen LogP contribution is 2.29. The number of nitrogens with zero attached hydrogens (tertiary/aromatic N) is 4. The number of nitrogens with one attached hydrogen (secondary N) is 2. The number of benzene rings is 3. The molecule has 0 bridgehead atoms. The molecular weight excluding hydrogens is 565 g/mol. The van der Waals surface area contributed by atoms with Crippen molar-refractivity contribution in [2.24, 2.45) is 0 Å². The van der Waals surface area contributed by atoms with E-state index < -0.39 is 0 Å². The second-order valence-corrected chi connectivity index (χ2v) is 13.0. The van der Waals surface area contributed by atoms with Gasteiger partial charge in [0, 0.05) is 49.4 Å². The number of carbonyl (C=O) groups excluding carboxylic acids is 2. The van der Waals surface area contributed by atoms with Crippen LogP contribution in [0.3, 0.4) is 0 Å². The number of likely N-dealkylation sites (tertiary alicyclic amines) is 2. The number of hydrogen-bond acceptors (Lipinski definition) is 8. The zero-order valence-corrected chi connectivity index (χ0v) is 24.8. The predicted octanol–water partition coefficient (Wildman–Crippen LogP) is 6.34. The Morgan fingerprint density at radius 2 is 1.05 bits per heavy atom. The number of hydrogen-bond donors (Lipinski definition) is 2. The molecule has 42 heavy (non-hydrogen) atoms. The van der Waals surface area contributed by atoms with E-state index in [1.54, 1.807) is 28.7 Å². The molecule has 8 nitrogen and oxygen atoms in total. The van der Waals surface area contributed by atoms with Crippen LogP contribution in [0.5, 0.6) is 0 Å². The summed E-state index contributed by atoms with van der Waals surface area (Å²) in [7, 11) is 0. The summed E-state index contributed by atoms with van der Waals surface area (Å²) >= 11 is 3.33. The van der Waals surface area contributed by atoms with E-state index in [4.69, 9.17) is 0 Å². The Morgan fingerprint density at radius 3 is 1.48 bits per heavy atom. The lowest BCUT2D eigenvalue weighted by molar-refractivity contribution is 0.0717. The normalized spacial score (nSPS) is 16.7. The van der Waals surface area contributed by atoms with E-state index in [0.29, 0.717) is 37.3 Å². The number of anilines is 2. The van der Waals surface area contributed by atoms with Crippen LogP contribution in [0.2, 0.25) is 0 Å². The van der Waals surface area contributed by atoms with Gasteiger partial charge in [-0.2, -0.15) is 0 Å².